The minimum absolute atomic E-state index is 0.144. The molecule has 1 aliphatic carbocycles. The Labute approximate surface area is 176 Å². The first-order chi connectivity index (χ1) is 14.4. The maximum Gasteiger partial charge on any atom is 0.258 e. The number of hydrogen-bond acceptors (Lipinski definition) is 3. The van der Waals surface area contributed by atoms with Gasteiger partial charge in [-0.05, 0) is 56.5 Å². The second kappa shape index (κ2) is 8.07. The number of aryl methyl sites for hydroxylation is 2. The Balaban J connectivity index is 1.65. The van der Waals surface area contributed by atoms with Gasteiger partial charge in [0.1, 0.15) is 0 Å². The topological polar surface area (TPSA) is 71.3 Å². The highest BCUT2D eigenvalue weighted by atomic mass is 16.3. The van der Waals surface area contributed by atoms with Crippen LogP contribution in [0.2, 0.25) is 0 Å². The van der Waals surface area contributed by atoms with E-state index < -0.39 is 5.60 Å². The van der Waals surface area contributed by atoms with Crippen LogP contribution in [0.25, 0.3) is 10.8 Å². The average Bonchev–Trinajstić information content (AvgIpc) is 2.71. The summed E-state index contributed by atoms with van der Waals surface area (Å²) < 4.78 is 1.60. The molecule has 1 amide bonds. The van der Waals surface area contributed by atoms with E-state index >= 15 is 0 Å². The number of aliphatic hydroxyl groups is 1. The maximum absolute atomic E-state index is 13.1. The average molecular weight is 405 g/mol. The lowest BCUT2D eigenvalue weighted by Crippen LogP contribution is -2.39. The first kappa shape index (κ1) is 20.4. The number of carbonyl (C=O) groups is 1. The van der Waals surface area contributed by atoms with Gasteiger partial charge >= 0.3 is 0 Å². The van der Waals surface area contributed by atoms with Crippen molar-refractivity contribution in [3.63, 3.8) is 0 Å². The van der Waals surface area contributed by atoms with Crippen LogP contribution in [0.3, 0.4) is 0 Å². The molecule has 1 saturated carbocycles. The molecule has 156 valence electrons. The quantitative estimate of drug-likeness (QED) is 0.669. The van der Waals surface area contributed by atoms with Gasteiger partial charge < -0.3 is 15.0 Å². The minimum atomic E-state index is -0.815. The van der Waals surface area contributed by atoms with Crippen molar-refractivity contribution < 1.29 is 9.90 Å². The predicted octanol–water partition coefficient (Wildman–Crippen LogP) is 4.57. The molecule has 0 saturated heterocycles. The SMILES string of the molecule is Cc1ccc(C(=O)Nc2cccc3c(=O)n(CC4(O)CCCCC4)ccc23)c(C)c1. The van der Waals surface area contributed by atoms with E-state index in [1.54, 1.807) is 22.9 Å². The standard InChI is InChI=1S/C25H28N2O3/c1-17-9-10-19(18(2)15-17)23(28)26-22-8-6-7-21-20(22)11-14-27(24(21)29)16-25(30)12-4-3-5-13-25/h6-11,14-15,30H,3-5,12-13,16H2,1-2H3,(H,26,28). The number of benzene rings is 2. The Morgan fingerprint density at radius 2 is 1.83 bits per heavy atom. The van der Waals surface area contributed by atoms with E-state index in [0.29, 0.717) is 28.6 Å². The summed E-state index contributed by atoms with van der Waals surface area (Å²) in [7, 11) is 0. The molecular formula is C25H28N2O3. The van der Waals surface area contributed by atoms with Crippen molar-refractivity contribution in [1.82, 2.24) is 4.57 Å². The number of fused-ring (bicyclic) bond motifs is 1. The van der Waals surface area contributed by atoms with Crippen LogP contribution < -0.4 is 10.9 Å². The molecule has 1 aliphatic rings. The molecule has 0 bridgehead atoms. The molecule has 5 nitrogen and oxygen atoms in total. The zero-order valence-electron chi connectivity index (χ0n) is 17.6. The smallest absolute Gasteiger partial charge is 0.258 e. The molecule has 0 aliphatic heterocycles. The summed E-state index contributed by atoms with van der Waals surface area (Å²) in [6, 6.07) is 12.9. The summed E-state index contributed by atoms with van der Waals surface area (Å²) in [5.41, 5.74) is 2.28. The highest BCUT2D eigenvalue weighted by Gasteiger charge is 2.30. The maximum atomic E-state index is 13.1. The van der Waals surface area contributed by atoms with E-state index in [-0.39, 0.29) is 11.5 Å². The summed E-state index contributed by atoms with van der Waals surface area (Å²) in [6.07, 6.45) is 6.30. The van der Waals surface area contributed by atoms with E-state index in [4.69, 9.17) is 0 Å². The highest BCUT2D eigenvalue weighted by molar-refractivity contribution is 6.09. The van der Waals surface area contributed by atoms with Crippen molar-refractivity contribution in [2.24, 2.45) is 0 Å². The third kappa shape index (κ3) is 4.03. The first-order valence-corrected chi connectivity index (χ1v) is 10.6. The summed E-state index contributed by atoms with van der Waals surface area (Å²) in [5, 5.41) is 15.0. The molecule has 2 aromatic carbocycles. The van der Waals surface area contributed by atoms with Crippen molar-refractivity contribution >= 4 is 22.4 Å². The number of rotatable bonds is 4. The van der Waals surface area contributed by atoms with Gasteiger partial charge in [-0.1, -0.05) is 43.0 Å². The molecule has 0 unspecified atom stereocenters. The van der Waals surface area contributed by atoms with E-state index in [1.165, 1.54) is 0 Å². The fraction of sp³-hybridized carbons (Fsp3) is 0.360. The van der Waals surface area contributed by atoms with Crippen LogP contribution in [-0.4, -0.2) is 21.2 Å². The van der Waals surface area contributed by atoms with Crippen LogP contribution in [0.4, 0.5) is 5.69 Å². The molecule has 0 atom stereocenters. The molecular weight excluding hydrogens is 376 g/mol. The molecule has 1 heterocycles. The number of nitrogens with one attached hydrogen (secondary N) is 1. The highest BCUT2D eigenvalue weighted by Crippen LogP contribution is 2.29. The fourth-order valence-electron chi connectivity index (χ4n) is 4.49. The van der Waals surface area contributed by atoms with E-state index in [9.17, 15) is 14.7 Å². The van der Waals surface area contributed by atoms with Gasteiger partial charge in [-0.2, -0.15) is 0 Å². The van der Waals surface area contributed by atoms with E-state index in [2.05, 4.69) is 5.32 Å². The Bertz CT molecular complexity index is 1160. The Morgan fingerprint density at radius 3 is 2.57 bits per heavy atom. The van der Waals surface area contributed by atoms with Crippen molar-refractivity contribution in [1.29, 1.82) is 0 Å². The number of anilines is 1. The number of hydrogen-bond donors (Lipinski definition) is 2. The van der Waals surface area contributed by atoms with Gasteiger partial charge in [0.05, 0.1) is 12.1 Å². The normalized spacial score (nSPS) is 15.8. The van der Waals surface area contributed by atoms with Crippen LogP contribution >= 0.6 is 0 Å². The van der Waals surface area contributed by atoms with Gasteiger partial charge in [0.2, 0.25) is 0 Å². The lowest BCUT2D eigenvalue weighted by Gasteiger charge is -2.32. The van der Waals surface area contributed by atoms with Gasteiger partial charge in [0, 0.05) is 28.2 Å². The molecule has 30 heavy (non-hydrogen) atoms. The third-order valence-corrected chi connectivity index (χ3v) is 6.14. The molecule has 2 N–H and O–H groups in total. The Kier molecular flexibility index (Phi) is 5.48. The number of carbonyl (C=O) groups excluding carboxylic acids is 1. The van der Waals surface area contributed by atoms with Crippen LogP contribution in [0.5, 0.6) is 0 Å². The van der Waals surface area contributed by atoms with Crippen LogP contribution in [0.15, 0.2) is 53.5 Å². The van der Waals surface area contributed by atoms with Crippen molar-refractivity contribution in [2.45, 2.75) is 58.1 Å². The fourth-order valence-corrected chi connectivity index (χ4v) is 4.49. The zero-order valence-corrected chi connectivity index (χ0v) is 17.6. The van der Waals surface area contributed by atoms with Gasteiger partial charge in [-0.25, -0.2) is 0 Å². The predicted molar refractivity (Wildman–Crippen MR) is 120 cm³/mol. The van der Waals surface area contributed by atoms with Crippen molar-refractivity contribution in [3.8, 4) is 0 Å². The van der Waals surface area contributed by atoms with Crippen molar-refractivity contribution in [2.75, 3.05) is 5.32 Å². The Hall–Kier alpha value is -2.92. The van der Waals surface area contributed by atoms with Crippen molar-refractivity contribution in [3.05, 3.63) is 75.7 Å². The number of nitrogens with zero attached hydrogens (tertiary/aromatic N) is 1. The van der Waals surface area contributed by atoms with Crippen LogP contribution in [-0.2, 0) is 6.54 Å². The molecule has 5 heteroatoms. The van der Waals surface area contributed by atoms with Gasteiger partial charge in [0.15, 0.2) is 0 Å². The lowest BCUT2D eigenvalue weighted by molar-refractivity contribution is -0.0121. The molecule has 0 radical (unpaired) electrons. The summed E-state index contributed by atoms with van der Waals surface area (Å²) in [5.74, 6) is -0.194. The molecule has 3 aromatic rings. The van der Waals surface area contributed by atoms with E-state index in [0.717, 1.165) is 43.2 Å². The molecule has 0 spiro atoms. The number of pyridine rings is 1. The summed E-state index contributed by atoms with van der Waals surface area (Å²) in [6.45, 7) is 4.22. The zero-order chi connectivity index (χ0) is 21.3. The van der Waals surface area contributed by atoms with Gasteiger partial charge in [-0.3, -0.25) is 9.59 Å². The summed E-state index contributed by atoms with van der Waals surface area (Å²) in [4.78, 5) is 25.9. The number of amides is 1. The molecule has 1 fully saturated rings. The second-order valence-corrected chi connectivity index (χ2v) is 8.57. The Morgan fingerprint density at radius 1 is 1.07 bits per heavy atom. The number of aromatic nitrogens is 1. The lowest BCUT2D eigenvalue weighted by atomic mass is 9.85. The molecule has 4 rings (SSSR count). The van der Waals surface area contributed by atoms with Crippen LogP contribution in [0.1, 0.15) is 53.6 Å². The molecule has 1 aromatic heterocycles. The largest absolute Gasteiger partial charge is 0.388 e. The minimum Gasteiger partial charge on any atom is -0.388 e. The summed E-state index contributed by atoms with van der Waals surface area (Å²) >= 11 is 0. The monoisotopic (exact) mass is 404 g/mol. The van der Waals surface area contributed by atoms with E-state index in [1.807, 2.05) is 44.2 Å². The van der Waals surface area contributed by atoms with Crippen LogP contribution in [0, 0.1) is 13.8 Å². The van der Waals surface area contributed by atoms with Gasteiger partial charge in [0.25, 0.3) is 11.5 Å². The van der Waals surface area contributed by atoms with Gasteiger partial charge in [-0.15, -0.1) is 0 Å². The first-order valence-electron chi connectivity index (χ1n) is 10.6. The third-order valence-electron chi connectivity index (χ3n) is 6.14. The second-order valence-electron chi connectivity index (χ2n) is 8.57.